The Hall–Kier alpha value is -2.44. The van der Waals surface area contributed by atoms with Crippen LogP contribution in [-0.2, 0) is 11.0 Å². The van der Waals surface area contributed by atoms with Crippen LogP contribution >= 0.6 is 0 Å². The fraction of sp³-hybridized carbons (Fsp3) is 0.267. The highest BCUT2D eigenvalue weighted by Crippen LogP contribution is 2.47. The van der Waals surface area contributed by atoms with Crippen molar-refractivity contribution in [3.8, 4) is 11.4 Å². The molecule has 0 spiro atoms. The van der Waals surface area contributed by atoms with Crippen LogP contribution in [-0.4, -0.2) is 15.9 Å². The van der Waals surface area contributed by atoms with Gasteiger partial charge in [-0.1, -0.05) is 24.3 Å². The van der Waals surface area contributed by atoms with Gasteiger partial charge in [-0.2, -0.15) is 13.2 Å². The molecule has 114 valence electrons. The molecule has 2 unspecified atom stereocenters. The molecule has 0 radical (unpaired) electrons. The first-order chi connectivity index (χ1) is 10.4. The number of carbonyl (C=O) groups excluding carboxylic acids is 1. The minimum Gasteiger partial charge on any atom is -0.369 e. The zero-order valence-electron chi connectivity index (χ0n) is 11.3. The lowest BCUT2D eigenvalue weighted by molar-refractivity contribution is -0.141. The Morgan fingerprint density at radius 2 is 1.86 bits per heavy atom. The van der Waals surface area contributed by atoms with Crippen molar-refractivity contribution < 1.29 is 18.0 Å². The van der Waals surface area contributed by atoms with E-state index in [1.807, 2.05) is 0 Å². The van der Waals surface area contributed by atoms with Gasteiger partial charge in [0, 0.05) is 17.7 Å². The highest BCUT2D eigenvalue weighted by Gasteiger charge is 2.42. The Labute approximate surface area is 124 Å². The van der Waals surface area contributed by atoms with Crippen molar-refractivity contribution in [2.75, 3.05) is 0 Å². The Morgan fingerprint density at radius 1 is 1.18 bits per heavy atom. The van der Waals surface area contributed by atoms with Crippen molar-refractivity contribution in [2.45, 2.75) is 18.5 Å². The van der Waals surface area contributed by atoms with E-state index < -0.39 is 11.9 Å². The average Bonchev–Trinajstić information content (AvgIpc) is 3.27. The standard InChI is InChI=1S/C15H12F3N3O/c16-15(17,18)12-5-6-20-14(21-12)9-3-1-8(2-4-9)10-7-11(10)13(19)22/h1-6,10-11H,7H2,(H2,19,22). The Bertz CT molecular complexity index is 713. The summed E-state index contributed by atoms with van der Waals surface area (Å²) in [6.45, 7) is 0. The second kappa shape index (κ2) is 5.08. The molecule has 1 aromatic carbocycles. The summed E-state index contributed by atoms with van der Waals surface area (Å²) in [7, 11) is 0. The van der Waals surface area contributed by atoms with Crippen LogP contribution in [0.5, 0.6) is 0 Å². The van der Waals surface area contributed by atoms with E-state index in [0.717, 1.165) is 24.2 Å². The quantitative estimate of drug-likeness (QED) is 0.948. The number of alkyl halides is 3. The van der Waals surface area contributed by atoms with E-state index in [-0.39, 0.29) is 23.6 Å². The molecule has 2 atom stereocenters. The molecule has 4 nitrogen and oxygen atoms in total. The average molecular weight is 307 g/mol. The van der Waals surface area contributed by atoms with E-state index in [1.54, 1.807) is 24.3 Å². The largest absolute Gasteiger partial charge is 0.433 e. The molecule has 22 heavy (non-hydrogen) atoms. The number of halogens is 3. The molecule has 0 saturated heterocycles. The summed E-state index contributed by atoms with van der Waals surface area (Å²) in [5.74, 6) is -0.344. The number of hydrogen-bond acceptors (Lipinski definition) is 3. The number of benzene rings is 1. The van der Waals surface area contributed by atoms with Gasteiger partial charge in [0.1, 0.15) is 5.69 Å². The van der Waals surface area contributed by atoms with E-state index in [0.29, 0.717) is 5.56 Å². The molecule has 1 aliphatic rings. The first-order valence-corrected chi connectivity index (χ1v) is 6.66. The van der Waals surface area contributed by atoms with Crippen LogP contribution in [0.25, 0.3) is 11.4 Å². The zero-order valence-corrected chi connectivity index (χ0v) is 11.3. The van der Waals surface area contributed by atoms with E-state index in [4.69, 9.17) is 5.73 Å². The van der Waals surface area contributed by atoms with Gasteiger partial charge in [0.25, 0.3) is 0 Å². The molecule has 1 aliphatic carbocycles. The monoisotopic (exact) mass is 307 g/mol. The molecule has 7 heteroatoms. The predicted octanol–water partition coefficient (Wildman–Crippen LogP) is 2.75. The van der Waals surface area contributed by atoms with Gasteiger partial charge in [-0.15, -0.1) is 0 Å². The predicted molar refractivity (Wildman–Crippen MR) is 72.5 cm³/mol. The van der Waals surface area contributed by atoms with Crippen LogP contribution in [0.4, 0.5) is 13.2 Å². The maximum atomic E-state index is 12.6. The lowest BCUT2D eigenvalue weighted by Crippen LogP contribution is -2.13. The third kappa shape index (κ3) is 2.79. The summed E-state index contributed by atoms with van der Waals surface area (Å²) < 4.78 is 37.9. The molecule has 1 amide bonds. The summed E-state index contributed by atoms with van der Waals surface area (Å²) in [5.41, 5.74) is 5.70. The van der Waals surface area contributed by atoms with Gasteiger partial charge in [-0.05, 0) is 24.0 Å². The number of primary amides is 1. The van der Waals surface area contributed by atoms with Crippen LogP contribution in [0.3, 0.4) is 0 Å². The van der Waals surface area contributed by atoms with E-state index in [2.05, 4.69) is 9.97 Å². The van der Waals surface area contributed by atoms with Gasteiger partial charge < -0.3 is 5.73 Å². The van der Waals surface area contributed by atoms with E-state index >= 15 is 0 Å². The lowest BCUT2D eigenvalue weighted by Gasteiger charge is -2.07. The number of nitrogens with zero attached hydrogens (tertiary/aromatic N) is 2. The molecule has 1 heterocycles. The van der Waals surface area contributed by atoms with Gasteiger partial charge in [0.05, 0.1) is 0 Å². The topological polar surface area (TPSA) is 68.9 Å². The number of amides is 1. The zero-order chi connectivity index (χ0) is 15.9. The lowest BCUT2D eigenvalue weighted by atomic mass is 10.1. The maximum absolute atomic E-state index is 12.6. The summed E-state index contributed by atoms with van der Waals surface area (Å²) in [5, 5.41) is 0. The van der Waals surface area contributed by atoms with Crippen LogP contribution in [0.1, 0.15) is 23.6 Å². The first kappa shape index (κ1) is 14.5. The molecule has 2 N–H and O–H groups in total. The number of hydrogen-bond donors (Lipinski definition) is 1. The minimum atomic E-state index is -4.50. The third-order valence-electron chi connectivity index (χ3n) is 3.70. The molecular weight excluding hydrogens is 295 g/mol. The van der Waals surface area contributed by atoms with Crippen LogP contribution in [0.15, 0.2) is 36.5 Å². The van der Waals surface area contributed by atoms with Gasteiger partial charge in [-0.25, -0.2) is 9.97 Å². The smallest absolute Gasteiger partial charge is 0.369 e. The summed E-state index contributed by atoms with van der Waals surface area (Å²) in [6, 6.07) is 7.68. The molecule has 1 saturated carbocycles. The molecule has 2 aromatic rings. The second-order valence-corrected chi connectivity index (χ2v) is 5.24. The van der Waals surface area contributed by atoms with Crippen LogP contribution in [0, 0.1) is 5.92 Å². The number of aromatic nitrogens is 2. The number of nitrogens with two attached hydrogens (primary N) is 1. The van der Waals surface area contributed by atoms with Crippen molar-refractivity contribution in [3.05, 3.63) is 47.8 Å². The SMILES string of the molecule is NC(=O)C1CC1c1ccc(-c2nccc(C(F)(F)F)n2)cc1. The Morgan fingerprint density at radius 3 is 2.41 bits per heavy atom. The van der Waals surface area contributed by atoms with Crippen molar-refractivity contribution in [2.24, 2.45) is 11.7 Å². The Balaban J connectivity index is 1.83. The summed E-state index contributed by atoms with van der Waals surface area (Å²) >= 11 is 0. The van der Waals surface area contributed by atoms with Crippen molar-refractivity contribution in [1.82, 2.24) is 9.97 Å². The summed E-state index contributed by atoms with van der Waals surface area (Å²) in [6.07, 6.45) is -2.70. The van der Waals surface area contributed by atoms with Gasteiger partial charge in [0.15, 0.2) is 5.82 Å². The fourth-order valence-corrected chi connectivity index (χ4v) is 2.41. The van der Waals surface area contributed by atoms with Crippen LogP contribution in [0.2, 0.25) is 0 Å². The molecule has 1 fully saturated rings. The number of carbonyl (C=O) groups is 1. The fourth-order valence-electron chi connectivity index (χ4n) is 2.41. The minimum absolute atomic E-state index is 0.0172. The molecule has 0 bridgehead atoms. The van der Waals surface area contributed by atoms with Crippen molar-refractivity contribution in [1.29, 1.82) is 0 Å². The number of rotatable bonds is 3. The van der Waals surface area contributed by atoms with E-state index in [9.17, 15) is 18.0 Å². The molecule has 1 aromatic heterocycles. The van der Waals surface area contributed by atoms with Crippen molar-refractivity contribution >= 4 is 5.91 Å². The van der Waals surface area contributed by atoms with E-state index in [1.165, 1.54) is 0 Å². The second-order valence-electron chi connectivity index (χ2n) is 5.24. The van der Waals surface area contributed by atoms with Gasteiger partial charge in [-0.3, -0.25) is 4.79 Å². The maximum Gasteiger partial charge on any atom is 0.433 e. The van der Waals surface area contributed by atoms with Crippen LogP contribution < -0.4 is 5.73 Å². The normalized spacial score (nSPS) is 20.7. The third-order valence-corrected chi connectivity index (χ3v) is 3.70. The highest BCUT2D eigenvalue weighted by atomic mass is 19.4. The van der Waals surface area contributed by atoms with Gasteiger partial charge >= 0.3 is 6.18 Å². The molecule has 3 rings (SSSR count). The summed E-state index contributed by atoms with van der Waals surface area (Å²) in [4.78, 5) is 18.5. The first-order valence-electron chi connectivity index (χ1n) is 6.66. The van der Waals surface area contributed by atoms with Gasteiger partial charge in [0.2, 0.25) is 5.91 Å². The molecular formula is C15H12F3N3O. The molecule has 0 aliphatic heterocycles. The Kier molecular flexibility index (Phi) is 3.35. The highest BCUT2D eigenvalue weighted by molar-refractivity contribution is 5.81. The van der Waals surface area contributed by atoms with Crippen molar-refractivity contribution in [3.63, 3.8) is 0 Å².